The van der Waals surface area contributed by atoms with Gasteiger partial charge in [0, 0.05) is 42.8 Å². The van der Waals surface area contributed by atoms with E-state index >= 15 is 0 Å². The number of nitrogens with zero attached hydrogens (tertiary/aromatic N) is 2. The lowest BCUT2D eigenvalue weighted by atomic mass is 10.0. The number of rotatable bonds is 3. The number of pyridine rings is 1. The third-order valence-corrected chi connectivity index (χ3v) is 4.34. The third kappa shape index (κ3) is 4.14. The fourth-order valence-electron chi connectivity index (χ4n) is 2.52. The van der Waals surface area contributed by atoms with E-state index in [0.717, 1.165) is 26.2 Å². The van der Waals surface area contributed by atoms with E-state index in [1.807, 2.05) is 17.5 Å². The summed E-state index contributed by atoms with van der Waals surface area (Å²) in [7, 11) is 0. The lowest BCUT2D eigenvalue weighted by Gasteiger charge is -2.34. The standard InChI is InChI=1S/C14H16FN3S.2ClH/c15-14-11(3-1-5-17-14)13(12-4-2-10-19-12)18-8-6-16-7-9-18;;/h1-5,10,13,16H,6-9H2;2*1H/t13-;;/m1../s1. The van der Waals surface area contributed by atoms with Crippen LogP contribution in [0.4, 0.5) is 4.39 Å². The average Bonchev–Trinajstić information content (AvgIpc) is 2.96. The minimum absolute atomic E-state index is 0. The molecule has 1 saturated heterocycles. The number of halogens is 3. The average molecular weight is 350 g/mol. The van der Waals surface area contributed by atoms with Gasteiger partial charge < -0.3 is 5.32 Å². The topological polar surface area (TPSA) is 28.2 Å². The fraction of sp³-hybridized carbons (Fsp3) is 0.357. The second-order valence-electron chi connectivity index (χ2n) is 4.59. The molecule has 0 bridgehead atoms. The first-order chi connectivity index (χ1) is 9.36. The van der Waals surface area contributed by atoms with E-state index in [2.05, 4.69) is 21.3 Å². The predicted molar refractivity (Wildman–Crippen MR) is 89.3 cm³/mol. The first-order valence-corrected chi connectivity index (χ1v) is 7.33. The number of piperazine rings is 1. The molecule has 0 aromatic carbocycles. The molecule has 0 aliphatic carbocycles. The maximum atomic E-state index is 14.0. The van der Waals surface area contributed by atoms with Crippen molar-refractivity contribution in [3.8, 4) is 0 Å². The van der Waals surface area contributed by atoms with Crippen LogP contribution >= 0.6 is 36.2 Å². The number of nitrogens with one attached hydrogen (secondary N) is 1. The molecule has 7 heteroatoms. The summed E-state index contributed by atoms with van der Waals surface area (Å²) in [5, 5.41) is 5.37. The first-order valence-electron chi connectivity index (χ1n) is 6.45. The third-order valence-electron chi connectivity index (χ3n) is 3.41. The van der Waals surface area contributed by atoms with E-state index in [-0.39, 0.29) is 36.8 Å². The van der Waals surface area contributed by atoms with E-state index in [9.17, 15) is 4.39 Å². The van der Waals surface area contributed by atoms with Gasteiger partial charge in [-0.2, -0.15) is 4.39 Å². The Bertz CT molecular complexity index is 533. The molecule has 1 fully saturated rings. The van der Waals surface area contributed by atoms with Crippen molar-refractivity contribution in [2.45, 2.75) is 6.04 Å². The Kier molecular flexibility index (Phi) is 7.56. The Morgan fingerprint density at radius 1 is 1.19 bits per heavy atom. The summed E-state index contributed by atoms with van der Waals surface area (Å²) in [5.74, 6) is -0.362. The maximum Gasteiger partial charge on any atom is 0.217 e. The zero-order chi connectivity index (χ0) is 13.1. The molecule has 1 aliphatic heterocycles. The summed E-state index contributed by atoms with van der Waals surface area (Å²) < 4.78 is 14.0. The van der Waals surface area contributed by atoms with Crippen LogP contribution in [0.25, 0.3) is 0 Å². The highest BCUT2D eigenvalue weighted by Gasteiger charge is 2.27. The molecule has 0 amide bonds. The van der Waals surface area contributed by atoms with Gasteiger partial charge in [0.05, 0.1) is 6.04 Å². The fourth-order valence-corrected chi connectivity index (χ4v) is 3.40. The SMILES string of the molecule is Cl.Cl.Fc1ncccc1[C@H](c1cccs1)N1CCNCC1. The van der Waals surface area contributed by atoms with Gasteiger partial charge in [0.25, 0.3) is 0 Å². The number of hydrogen-bond acceptors (Lipinski definition) is 4. The zero-order valence-electron chi connectivity index (χ0n) is 11.4. The Hall–Kier alpha value is -0.720. The van der Waals surface area contributed by atoms with Crippen molar-refractivity contribution in [3.63, 3.8) is 0 Å². The van der Waals surface area contributed by atoms with Gasteiger partial charge in [0.15, 0.2) is 0 Å². The largest absolute Gasteiger partial charge is 0.314 e. The number of aromatic nitrogens is 1. The molecule has 0 spiro atoms. The first kappa shape index (κ1) is 18.3. The minimum atomic E-state index is -0.362. The van der Waals surface area contributed by atoms with Crippen molar-refractivity contribution in [1.82, 2.24) is 15.2 Å². The maximum absolute atomic E-state index is 14.0. The van der Waals surface area contributed by atoms with Crippen molar-refractivity contribution in [2.75, 3.05) is 26.2 Å². The molecule has 0 saturated carbocycles. The molecule has 3 rings (SSSR count). The summed E-state index contributed by atoms with van der Waals surface area (Å²) in [4.78, 5) is 7.30. The van der Waals surface area contributed by atoms with Crippen LogP contribution in [0.5, 0.6) is 0 Å². The van der Waals surface area contributed by atoms with Gasteiger partial charge in [-0.15, -0.1) is 36.2 Å². The normalized spacial score (nSPS) is 16.6. The Morgan fingerprint density at radius 3 is 2.57 bits per heavy atom. The van der Waals surface area contributed by atoms with E-state index in [0.29, 0.717) is 5.56 Å². The van der Waals surface area contributed by atoms with E-state index in [4.69, 9.17) is 0 Å². The highest BCUT2D eigenvalue weighted by atomic mass is 35.5. The predicted octanol–water partition coefficient (Wildman–Crippen LogP) is 3.12. The van der Waals surface area contributed by atoms with Gasteiger partial charge in [0.1, 0.15) is 0 Å². The second kappa shape index (κ2) is 8.66. The van der Waals surface area contributed by atoms with Crippen LogP contribution in [-0.4, -0.2) is 36.1 Å². The van der Waals surface area contributed by atoms with Gasteiger partial charge in [-0.1, -0.05) is 12.1 Å². The molecule has 0 unspecified atom stereocenters. The van der Waals surface area contributed by atoms with Gasteiger partial charge in [0.2, 0.25) is 5.95 Å². The molecule has 1 N–H and O–H groups in total. The summed E-state index contributed by atoms with van der Waals surface area (Å²) >= 11 is 1.67. The van der Waals surface area contributed by atoms with Crippen LogP contribution in [0.1, 0.15) is 16.5 Å². The molecule has 2 aromatic rings. The lowest BCUT2D eigenvalue weighted by Crippen LogP contribution is -2.45. The van der Waals surface area contributed by atoms with Gasteiger partial charge in [-0.25, -0.2) is 4.98 Å². The quantitative estimate of drug-likeness (QED) is 0.863. The summed E-state index contributed by atoms with van der Waals surface area (Å²) in [6.45, 7) is 3.75. The Labute approximate surface area is 140 Å². The highest BCUT2D eigenvalue weighted by molar-refractivity contribution is 7.10. The van der Waals surface area contributed by atoms with Gasteiger partial charge in [-0.05, 0) is 17.5 Å². The van der Waals surface area contributed by atoms with Crippen molar-refractivity contribution in [1.29, 1.82) is 0 Å². The molecule has 21 heavy (non-hydrogen) atoms. The Balaban J connectivity index is 0.00000110. The molecule has 2 aromatic heterocycles. The van der Waals surface area contributed by atoms with Crippen molar-refractivity contribution in [3.05, 3.63) is 52.2 Å². The molecule has 1 atom stereocenters. The highest BCUT2D eigenvalue weighted by Crippen LogP contribution is 2.32. The smallest absolute Gasteiger partial charge is 0.217 e. The van der Waals surface area contributed by atoms with Crippen LogP contribution in [0, 0.1) is 5.95 Å². The van der Waals surface area contributed by atoms with E-state index < -0.39 is 0 Å². The van der Waals surface area contributed by atoms with Crippen LogP contribution in [0.15, 0.2) is 35.8 Å². The van der Waals surface area contributed by atoms with Crippen LogP contribution in [-0.2, 0) is 0 Å². The van der Waals surface area contributed by atoms with E-state index in [1.54, 1.807) is 17.4 Å². The summed E-state index contributed by atoms with van der Waals surface area (Å²) in [6.07, 6.45) is 1.50. The zero-order valence-corrected chi connectivity index (χ0v) is 13.8. The minimum Gasteiger partial charge on any atom is -0.314 e. The van der Waals surface area contributed by atoms with Crippen LogP contribution < -0.4 is 5.32 Å². The van der Waals surface area contributed by atoms with Gasteiger partial charge >= 0.3 is 0 Å². The number of thiophene rings is 1. The molecule has 0 radical (unpaired) electrons. The Morgan fingerprint density at radius 2 is 1.95 bits per heavy atom. The van der Waals surface area contributed by atoms with Crippen molar-refractivity contribution in [2.24, 2.45) is 0 Å². The van der Waals surface area contributed by atoms with Crippen molar-refractivity contribution < 1.29 is 4.39 Å². The molecule has 3 nitrogen and oxygen atoms in total. The lowest BCUT2D eigenvalue weighted by molar-refractivity contribution is 0.197. The molecular formula is C14H18Cl2FN3S. The summed E-state index contributed by atoms with van der Waals surface area (Å²) in [6, 6.07) is 7.72. The second-order valence-corrected chi connectivity index (χ2v) is 5.57. The molecular weight excluding hydrogens is 332 g/mol. The molecule has 3 heterocycles. The van der Waals surface area contributed by atoms with Crippen LogP contribution in [0.2, 0.25) is 0 Å². The van der Waals surface area contributed by atoms with Crippen LogP contribution in [0.3, 0.4) is 0 Å². The van der Waals surface area contributed by atoms with Crippen molar-refractivity contribution >= 4 is 36.2 Å². The monoisotopic (exact) mass is 349 g/mol. The number of hydrogen-bond donors (Lipinski definition) is 1. The summed E-state index contributed by atoms with van der Waals surface area (Å²) in [5.41, 5.74) is 0.673. The molecule has 116 valence electrons. The molecule has 1 aliphatic rings. The van der Waals surface area contributed by atoms with E-state index in [1.165, 1.54) is 11.1 Å². The van der Waals surface area contributed by atoms with Gasteiger partial charge in [-0.3, -0.25) is 4.90 Å².